The predicted octanol–water partition coefficient (Wildman–Crippen LogP) is 6.16. The van der Waals surface area contributed by atoms with Crippen LogP contribution in [-0.2, 0) is 0 Å². The maximum Gasteiger partial charge on any atom is 0.0545 e. The minimum Gasteiger partial charge on any atom is -0.354 e. The van der Waals surface area contributed by atoms with Crippen molar-refractivity contribution in [2.24, 2.45) is 0 Å². The van der Waals surface area contributed by atoms with Crippen molar-refractivity contribution in [3.05, 3.63) is 83.9 Å². The molecule has 3 aromatic carbocycles. The molecule has 0 unspecified atom stereocenters. The average Bonchev–Trinajstić information content (AvgIpc) is 2.97. The summed E-state index contributed by atoms with van der Waals surface area (Å²) in [6, 6.07) is 26.7. The summed E-state index contributed by atoms with van der Waals surface area (Å²) in [5.74, 6) is 0. The lowest BCUT2D eigenvalue weighted by Gasteiger charge is -2.06. The molecule has 106 valence electrons. The summed E-state index contributed by atoms with van der Waals surface area (Å²) in [6.07, 6.45) is 0. The van der Waals surface area contributed by atoms with Crippen LogP contribution in [0.25, 0.3) is 33.3 Å². The fourth-order valence-corrected chi connectivity index (χ4v) is 3.19. The molecule has 0 aliphatic heterocycles. The zero-order valence-corrected chi connectivity index (χ0v) is 12.6. The summed E-state index contributed by atoms with van der Waals surface area (Å²) in [6.45, 7) is 0. The molecule has 0 radical (unpaired) electrons. The van der Waals surface area contributed by atoms with Crippen molar-refractivity contribution >= 4 is 22.5 Å². The number of aromatic nitrogens is 1. The van der Waals surface area contributed by atoms with Crippen molar-refractivity contribution in [3.8, 4) is 22.4 Å². The van der Waals surface area contributed by atoms with E-state index in [0.29, 0.717) is 0 Å². The highest BCUT2D eigenvalue weighted by Crippen LogP contribution is 2.41. The average molecular weight is 304 g/mol. The van der Waals surface area contributed by atoms with E-state index in [2.05, 4.69) is 59.6 Å². The van der Waals surface area contributed by atoms with Crippen LogP contribution in [0.3, 0.4) is 0 Å². The normalized spacial score (nSPS) is 11.0. The van der Waals surface area contributed by atoms with Crippen LogP contribution in [0.15, 0.2) is 78.9 Å². The van der Waals surface area contributed by atoms with Crippen molar-refractivity contribution in [1.29, 1.82) is 0 Å². The van der Waals surface area contributed by atoms with Gasteiger partial charge in [0.15, 0.2) is 0 Å². The maximum absolute atomic E-state index is 6.49. The Morgan fingerprint density at radius 1 is 0.636 bits per heavy atom. The monoisotopic (exact) mass is 303 g/mol. The van der Waals surface area contributed by atoms with Crippen LogP contribution in [-0.4, -0.2) is 4.98 Å². The van der Waals surface area contributed by atoms with E-state index in [4.69, 9.17) is 11.6 Å². The van der Waals surface area contributed by atoms with E-state index < -0.39 is 0 Å². The van der Waals surface area contributed by atoms with Gasteiger partial charge >= 0.3 is 0 Å². The fraction of sp³-hybridized carbons (Fsp3) is 0. The molecule has 0 amide bonds. The van der Waals surface area contributed by atoms with Gasteiger partial charge < -0.3 is 4.98 Å². The molecular formula is C20H14ClN. The van der Waals surface area contributed by atoms with Crippen LogP contribution in [0.1, 0.15) is 0 Å². The Kier molecular flexibility index (Phi) is 3.21. The molecule has 0 bridgehead atoms. The number of fused-ring (bicyclic) bond motifs is 1. The smallest absolute Gasteiger partial charge is 0.0545 e. The third kappa shape index (κ3) is 2.11. The van der Waals surface area contributed by atoms with Gasteiger partial charge in [0, 0.05) is 16.5 Å². The number of halogens is 1. The standard InChI is InChI=1S/C20H14ClN/c21-16-12-7-13-17-19(16)18(14-8-3-1-4-9-14)20(22-17)15-10-5-2-6-11-15/h1-13,22H. The molecule has 0 aliphatic rings. The number of hydrogen-bond acceptors (Lipinski definition) is 0. The third-order valence-corrected chi connectivity index (χ3v) is 4.21. The van der Waals surface area contributed by atoms with Gasteiger partial charge in [-0.3, -0.25) is 0 Å². The van der Waals surface area contributed by atoms with Gasteiger partial charge in [0.2, 0.25) is 0 Å². The first kappa shape index (κ1) is 13.2. The molecule has 0 saturated carbocycles. The Balaban J connectivity index is 2.11. The highest BCUT2D eigenvalue weighted by atomic mass is 35.5. The molecule has 4 rings (SSSR count). The van der Waals surface area contributed by atoms with Crippen LogP contribution < -0.4 is 0 Å². The quantitative estimate of drug-likeness (QED) is 0.457. The van der Waals surface area contributed by atoms with Crippen molar-refractivity contribution < 1.29 is 0 Å². The lowest BCUT2D eigenvalue weighted by molar-refractivity contribution is 1.45. The van der Waals surface area contributed by atoms with E-state index >= 15 is 0 Å². The molecule has 22 heavy (non-hydrogen) atoms. The minimum absolute atomic E-state index is 0.773. The second-order valence-corrected chi connectivity index (χ2v) is 5.68. The Bertz CT molecular complexity index is 924. The van der Waals surface area contributed by atoms with Crippen LogP contribution in [0, 0.1) is 0 Å². The summed E-state index contributed by atoms with van der Waals surface area (Å²) >= 11 is 6.49. The van der Waals surface area contributed by atoms with Crippen molar-refractivity contribution in [2.45, 2.75) is 0 Å². The zero-order chi connectivity index (χ0) is 14.9. The largest absolute Gasteiger partial charge is 0.354 e. The van der Waals surface area contributed by atoms with Gasteiger partial charge in [-0.1, -0.05) is 78.3 Å². The molecular weight excluding hydrogens is 290 g/mol. The van der Waals surface area contributed by atoms with Crippen LogP contribution >= 0.6 is 11.6 Å². The van der Waals surface area contributed by atoms with Gasteiger partial charge in [0.25, 0.3) is 0 Å². The molecule has 0 atom stereocenters. The Morgan fingerprint density at radius 2 is 1.27 bits per heavy atom. The number of benzene rings is 3. The van der Waals surface area contributed by atoms with E-state index in [0.717, 1.165) is 32.7 Å². The molecule has 0 saturated heterocycles. The Hall–Kier alpha value is -2.51. The number of H-pyrrole nitrogens is 1. The highest BCUT2D eigenvalue weighted by molar-refractivity contribution is 6.37. The van der Waals surface area contributed by atoms with E-state index in [1.807, 2.05) is 24.3 Å². The Morgan fingerprint density at radius 3 is 1.95 bits per heavy atom. The van der Waals surface area contributed by atoms with E-state index in [1.54, 1.807) is 0 Å². The van der Waals surface area contributed by atoms with Gasteiger partial charge in [-0.25, -0.2) is 0 Å². The van der Waals surface area contributed by atoms with Gasteiger partial charge in [0.05, 0.1) is 10.7 Å². The molecule has 1 nitrogen and oxygen atoms in total. The molecule has 0 aliphatic carbocycles. The Labute approximate surface area is 134 Å². The molecule has 1 aromatic heterocycles. The van der Waals surface area contributed by atoms with Crippen molar-refractivity contribution in [1.82, 2.24) is 4.98 Å². The van der Waals surface area contributed by atoms with Gasteiger partial charge in [-0.05, 0) is 23.3 Å². The molecule has 1 heterocycles. The number of aromatic amines is 1. The van der Waals surface area contributed by atoms with E-state index in [1.165, 1.54) is 5.56 Å². The van der Waals surface area contributed by atoms with Crippen molar-refractivity contribution in [3.63, 3.8) is 0 Å². The fourth-order valence-electron chi connectivity index (χ4n) is 2.92. The van der Waals surface area contributed by atoms with Crippen LogP contribution in [0.4, 0.5) is 0 Å². The third-order valence-electron chi connectivity index (χ3n) is 3.90. The molecule has 0 spiro atoms. The first-order chi connectivity index (χ1) is 10.8. The topological polar surface area (TPSA) is 15.8 Å². The highest BCUT2D eigenvalue weighted by Gasteiger charge is 2.16. The number of rotatable bonds is 2. The lowest BCUT2D eigenvalue weighted by atomic mass is 9.98. The first-order valence-electron chi connectivity index (χ1n) is 7.25. The summed E-state index contributed by atoms with van der Waals surface area (Å²) in [4.78, 5) is 3.54. The second-order valence-electron chi connectivity index (χ2n) is 5.27. The van der Waals surface area contributed by atoms with Crippen molar-refractivity contribution in [2.75, 3.05) is 0 Å². The summed E-state index contributed by atoms with van der Waals surface area (Å²) in [7, 11) is 0. The van der Waals surface area contributed by atoms with Gasteiger partial charge in [-0.15, -0.1) is 0 Å². The van der Waals surface area contributed by atoms with Gasteiger partial charge in [-0.2, -0.15) is 0 Å². The second kappa shape index (κ2) is 5.36. The van der Waals surface area contributed by atoms with E-state index in [-0.39, 0.29) is 0 Å². The first-order valence-corrected chi connectivity index (χ1v) is 7.63. The van der Waals surface area contributed by atoms with Gasteiger partial charge in [0.1, 0.15) is 0 Å². The lowest BCUT2D eigenvalue weighted by Crippen LogP contribution is -1.82. The minimum atomic E-state index is 0.773. The molecule has 4 aromatic rings. The number of nitrogens with one attached hydrogen (secondary N) is 1. The summed E-state index contributed by atoms with van der Waals surface area (Å²) in [5, 5.41) is 1.85. The molecule has 0 fully saturated rings. The molecule has 1 N–H and O–H groups in total. The SMILES string of the molecule is Clc1cccc2[nH]c(-c3ccccc3)c(-c3ccccc3)c12. The van der Waals surface area contributed by atoms with E-state index in [9.17, 15) is 0 Å². The summed E-state index contributed by atoms with van der Waals surface area (Å²) in [5.41, 5.74) is 5.65. The van der Waals surface area contributed by atoms with Crippen LogP contribution in [0.5, 0.6) is 0 Å². The maximum atomic E-state index is 6.49. The van der Waals surface area contributed by atoms with Crippen LogP contribution in [0.2, 0.25) is 5.02 Å². The molecule has 2 heteroatoms. The number of hydrogen-bond donors (Lipinski definition) is 1. The summed E-state index contributed by atoms with van der Waals surface area (Å²) < 4.78 is 0. The zero-order valence-electron chi connectivity index (χ0n) is 11.9. The predicted molar refractivity (Wildman–Crippen MR) is 94.2 cm³/mol.